The van der Waals surface area contributed by atoms with Gasteiger partial charge in [-0.3, -0.25) is 9.69 Å². The number of likely N-dealkylation sites (N-methyl/N-ethyl adjacent to an activating group) is 1. The Labute approximate surface area is 99.8 Å². The lowest BCUT2D eigenvalue weighted by Gasteiger charge is -2.31. The molecule has 0 aromatic carbocycles. The largest absolute Gasteiger partial charge is 0.347 e. The van der Waals surface area contributed by atoms with Gasteiger partial charge in [-0.15, -0.1) is 0 Å². The summed E-state index contributed by atoms with van der Waals surface area (Å²) in [5.41, 5.74) is 5.52. The number of hydrogen-bond donors (Lipinski definition) is 1. The van der Waals surface area contributed by atoms with Crippen molar-refractivity contribution >= 4 is 5.91 Å². The van der Waals surface area contributed by atoms with Gasteiger partial charge < -0.3 is 10.6 Å². The van der Waals surface area contributed by atoms with Gasteiger partial charge in [0.1, 0.15) is 0 Å². The fraction of sp³-hybridized carbons (Fsp3) is 0.917. The molecule has 2 N–H and O–H groups in total. The Morgan fingerprint density at radius 3 is 2.19 bits per heavy atom. The molecule has 96 valence electrons. The third-order valence-electron chi connectivity index (χ3n) is 2.59. The first-order valence-electron chi connectivity index (χ1n) is 6.05. The highest BCUT2D eigenvalue weighted by Crippen LogP contribution is 2.07. The zero-order chi connectivity index (χ0) is 12.7. The Kier molecular flexibility index (Phi) is 7.34. The van der Waals surface area contributed by atoms with Crippen LogP contribution < -0.4 is 5.73 Å². The minimum Gasteiger partial charge on any atom is -0.347 e. The molecule has 0 saturated heterocycles. The van der Waals surface area contributed by atoms with Gasteiger partial charge in [-0.05, 0) is 25.8 Å². The van der Waals surface area contributed by atoms with Crippen molar-refractivity contribution in [3.63, 3.8) is 0 Å². The van der Waals surface area contributed by atoms with Crippen molar-refractivity contribution < 1.29 is 4.79 Å². The van der Waals surface area contributed by atoms with Gasteiger partial charge in [0, 0.05) is 27.2 Å². The van der Waals surface area contributed by atoms with E-state index in [0.717, 1.165) is 19.5 Å². The molecule has 1 amide bonds. The van der Waals surface area contributed by atoms with Crippen LogP contribution in [0.4, 0.5) is 0 Å². The molecule has 0 radical (unpaired) electrons. The number of rotatable bonds is 7. The molecule has 4 heteroatoms. The molecule has 0 fully saturated rings. The van der Waals surface area contributed by atoms with Crippen molar-refractivity contribution in [1.82, 2.24) is 9.80 Å². The molecule has 0 heterocycles. The van der Waals surface area contributed by atoms with Crippen LogP contribution in [-0.4, -0.2) is 55.5 Å². The molecule has 0 aliphatic rings. The first-order valence-corrected chi connectivity index (χ1v) is 6.05. The monoisotopic (exact) mass is 229 g/mol. The maximum Gasteiger partial charge on any atom is 0.239 e. The highest BCUT2D eigenvalue weighted by atomic mass is 16.2. The number of hydrogen-bond acceptors (Lipinski definition) is 3. The lowest BCUT2D eigenvalue weighted by Crippen LogP contribution is -2.46. The van der Waals surface area contributed by atoms with Crippen LogP contribution in [0.15, 0.2) is 0 Å². The quantitative estimate of drug-likeness (QED) is 0.701. The molecule has 0 saturated carbocycles. The highest BCUT2D eigenvalue weighted by Gasteiger charge is 2.22. The lowest BCUT2D eigenvalue weighted by atomic mass is 10.1. The molecule has 0 aliphatic heterocycles. The second kappa shape index (κ2) is 7.63. The Morgan fingerprint density at radius 2 is 1.81 bits per heavy atom. The molecule has 1 atom stereocenters. The number of nitrogens with two attached hydrogens (primary N) is 1. The van der Waals surface area contributed by atoms with Gasteiger partial charge >= 0.3 is 0 Å². The van der Waals surface area contributed by atoms with E-state index >= 15 is 0 Å². The van der Waals surface area contributed by atoms with Crippen LogP contribution in [0.1, 0.15) is 27.2 Å². The van der Waals surface area contributed by atoms with Gasteiger partial charge in [0.2, 0.25) is 5.91 Å². The maximum atomic E-state index is 11.9. The van der Waals surface area contributed by atoms with E-state index in [1.807, 2.05) is 6.92 Å². The Hall–Kier alpha value is -0.610. The van der Waals surface area contributed by atoms with Crippen LogP contribution in [0.2, 0.25) is 0 Å². The molecule has 16 heavy (non-hydrogen) atoms. The summed E-state index contributed by atoms with van der Waals surface area (Å²) in [6.07, 6.45) is 0.942. The smallest absolute Gasteiger partial charge is 0.239 e. The summed E-state index contributed by atoms with van der Waals surface area (Å²) >= 11 is 0. The van der Waals surface area contributed by atoms with Crippen LogP contribution in [0.25, 0.3) is 0 Å². The molecule has 0 aromatic rings. The van der Waals surface area contributed by atoms with E-state index in [1.54, 1.807) is 19.0 Å². The topological polar surface area (TPSA) is 49.6 Å². The van der Waals surface area contributed by atoms with E-state index in [-0.39, 0.29) is 11.9 Å². The fourth-order valence-corrected chi connectivity index (χ4v) is 1.74. The molecule has 0 aromatic heterocycles. The second-order valence-electron chi connectivity index (χ2n) is 4.94. The first-order chi connectivity index (χ1) is 7.40. The van der Waals surface area contributed by atoms with Crippen LogP contribution in [0.5, 0.6) is 0 Å². The van der Waals surface area contributed by atoms with Gasteiger partial charge in [-0.25, -0.2) is 0 Å². The second-order valence-corrected chi connectivity index (χ2v) is 4.94. The highest BCUT2D eigenvalue weighted by molar-refractivity contribution is 5.80. The average Bonchev–Trinajstić information content (AvgIpc) is 2.21. The molecule has 0 spiro atoms. The van der Waals surface area contributed by atoms with Crippen molar-refractivity contribution in [3.05, 3.63) is 0 Å². The number of amides is 1. The standard InChI is InChI=1S/C12H27N3O/c1-10(2)9-15(8-6-7-13)11(3)12(16)14(4)5/h10-11H,6-9,13H2,1-5H3. The summed E-state index contributed by atoms with van der Waals surface area (Å²) in [5.74, 6) is 0.729. The van der Waals surface area contributed by atoms with Crippen LogP contribution in [0, 0.1) is 5.92 Å². The van der Waals surface area contributed by atoms with Crippen LogP contribution in [0.3, 0.4) is 0 Å². The summed E-state index contributed by atoms with van der Waals surface area (Å²) in [5, 5.41) is 0. The summed E-state index contributed by atoms with van der Waals surface area (Å²) in [7, 11) is 3.60. The molecular formula is C12H27N3O. The molecule has 0 bridgehead atoms. The number of nitrogens with zero attached hydrogens (tertiary/aromatic N) is 2. The Balaban J connectivity index is 4.41. The van der Waals surface area contributed by atoms with Crippen molar-refractivity contribution in [2.75, 3.05) is 33.7 Å². The zero-order valence-electron chi connectivity index (χ0n) is 11.4. The summed E-state index contributed by atoms with van der Waals surface area (Å²) in [6, 6.07) is -0.0519. The number of carbonyl (C=O) groups is 1. The van der Waals surface area contributed by atoms with E-state index in [0.29, 0.717) is 12.5 Å². The molecular weight excluding hydrogens is 202 g/mol. The van der Waals surface area contributed by atoms with Gasteiger partial charge in [0.15, 0.2) is 0 Å². The van der Waals surface area contributed by atoms with Gasteiger partial charge in [0.05, 0.1) is 6.04 Å². The third kappa shape index (κ3) is 5.47. The maximum absolute atomic E-state index is 11.9. The Morgan fingerprint density at radius 1 is 1.25 bits per heavy atom. The normalized spacial score (nSPS) is 13.2. The summed E-state index contributed by atoms with van der Waals surface area (Å²) < 4.78 is 0. The number of carbonyl (C=O) groups excluding carboxylic acids is 1. The predicted molar refractivity (Wildman–Crippen MR) is 68.2 cm³/mol. The van der Waals surface area contributed by atoms with E-state index in [9.17, 15) is 4.79 Å². The average molecular weight is 229 g/mol. The molecule has 4 nitrogen and oxygen atoms in total. The van der Waals surface area contributed by atoms with E-state index in [2.05, 4.69) is 18.7 Å². The zero-order valence-corrected chi connectivity index (χ0v) is 11.4. The first kappa shape index (κ1) is 15.4. The van der Waals surface area contributed by atoms with Gasteiger partial charge in [-0.2, -0.15) is 0 Å². The minimum atomic E-state index is -0.0519. The third-order valence-corrected chi connectivity index (χ3v) is 2.59. The molecule has 1 unspecified atom stereocenters. The molecule has 0 rings (SSSR count). The van der Waals surface area contributed by atoms with Gasteiger partial charge in [-0.1, -0.05) is 13.8 Å². The van der Waals surface area contributed by atoms with Crippen LogP contribution >= 0.6 is 0 Å². The van der Waals surface area contributed by atoms with Crippen molar-refractivity contribution in [3.8, 4) is 0 Å². The van der Waals surface area contributed by atoms with Gasteiger partial charge in [0.25, 0.3) is 0 Å². The van der Waals surface area contributed by atoms with Crippen molar-refractivity contribution in [2.24, 2.45) is 11.7 Å². The minimum absolute atomic E-state index is 0.0519. The SMILES string of the molecule is CC(C)CN(CCCN)C(C)C(=O)N(C)C. The summed E-state index contributed by atoms with van der Waals surface area (Å²) in [6.45, 7) is 8.83. The van der Waals surface area contributed by atoms with Crippen molar-refractivity contribution in [2.45, 2.75) is 33.2 Å². The summed E-state index contributed by atoms with van der Waals surface area (Å²) in [4.78, 5) is 15.8. The van der Waals surface area contributed by atoms with Crippen molar-refractivity contribution in [1.29, 1.82) is 0 Å². The van der Waals surface area contributed by atoms with E-state index < -0.39 is 0 Å². The lowest BCUT2D eigenvalue weighted by molar-refractivity contribution is -0.134. The van der Waals surface area contributed by atoms with Crippen LogP contribution in [-0.2, 0) is 4.79 Å². The van der Waals surface area contributed by atoms with E-state index in [1.165, 1.54) is 0 Å². The Bertz CT molecular complexity index is 204. The fourth-order valence-electron chi connectivity index (χ4n) is 1.74. The van der Waals surface area contributed by atoms with E-state index in [4.69, 9.17) is 5.73 Å². The molecule has 0 aliphatic carbocycles. The predicted octanol–water partition coefficient (Wildman–Crippen LogP) is 0.770.